The first kappa shape index (κ1) is 23.5. The van der Waals surface area contributed by atoms with Crippen molar-refractivity contribution in [3.63, 3.8) is 0 Å². The van der Waals surface area contributed by atoms with Gasteiger partial charge in [0.05, 0.1) is 16.8 Å². The standard InChI is InChI=1S/C24H25ClN6O3/c1-29-10-12-30(13-11-29)19-7-9-23(27-16-19)28-24(32)17-6-8-21(22(14-17)31(33)34)26-15-18-4-2-3-5-20(18)25/h2-9,14,16,26H,10-13,15H2,1H3,(H,27,28,32). The number of nitrogens with zero attached hydrogens (tertiary/aromatic N) is 4. The number of nitro benzene ring substituents is 1. The first-order valence-corrected chi connectivity index (χ1v) is 11.2. The summed E-state index contributed by atoms with van der Waals surface area (Å²) in [5.74, 6) is -0.0907. The van der Waals surface area contributed by atoms with E-state index in [1.165, 1.54) is 18.2 Å². The van der Waals surface area contributed by atoms with Gasteiger partial charge in [0.1, 0.15) is 11.5 Å². The molecule has 0 spiro atoms. The lowest BCUT2D eigenvalue weighted by atomic mass is 10.1. The summed E-state index contributed by atoms with van der Waals surface area (Å²) in [7, 11) is 2.10. The quantitative estimate of drug-likeness (QED) is 0.384. The second-order valence-electron chi connectivity index (χ2n) is 8.08. The van der Waals surface area contributed by atoms with Crippen LogP contribution in [-0.2, 0) is 6.54 Å². The molecule has 34 heavy (non-hydrogen) atoms. The third-order valence-electron chi connectivity index (χ3n) is 5.74. The molecule has 0 radical (unpaired) electrons. The number of likely N-dealkylation sites (N-methyl/N-ethyl adjacent to an activating group) is 1. The number of hydrogen-bond acceptors (Lipinski definition) is 7. The van der Waals surface area contributed by atoms with Crippen LogP contribution in [0.25, 0.3) is 0 Å². The average Bonchev–Trinajstić information content (AvgIpc) is 2.84. The van der Waals surface area contributed by atoms with Gasteiger partial charge in [0.25, 0.3) is 11.6 Å². The molecule has 1 saturated heterocycles. The van der Waals surface area contributed by atoms with Crippen molar-refractivity contribution in [3.05, 3.63) is 87.1 Å². The number of carbonyl (C=O) groups is 1. The topological polar surface area (TPSA) is 104 Å². The summed E-state index contributed by atoms with van der Waals surface area (Å²) in [6.45, 7) is 4.13. The third kappa shape index (κ3) is 5.62. The molecule has 2 N–H and O–H groups in total. The molecule has 1 aliphatic heterocycles. The number of nitrogens with one attached hydrogen (secondary N) is 2. The molecule has 0 bridgehead atoms. The number of anilines is 3. The van der Waals surface area contributed by atoms with Gasteiger partial charge >= 0.3 is 0 Å². The SMILES string of the molecule is CN1CCN(c2ccc(NC(=O)c3ccc(NCc4ccccc4Cl)c([N+](=O)[O-])c3)nc2)CC1. The number of carbonyl (C=O) groups excluding carboxylic acids is 1. The van der Waals surface area contributed by atoms with E-state index in [0.717, 1.165) is 37.4 Å². The predicted octanol–water partition coefficient (Wildman–Crippen LogP) is 4.26. The molecule has 2 aromatic carbocycles. The maximum absolute atomic E-state index is 12.7. The van der Waals surface area contributed by atoms with Gasteiger partial charge in [-0.25, -0.2) is 4.98 Å². The van der Waals surface area contributed by atoms with Crippen molar-refractivity contribution in [2.24, 2.45) is 0 Å². The van der Waals surface area contributed by atoms with Crippen LogP contribution >= 0.6 is 11.6 Å². The lowest BCUT2D eigenvalue weighted by Crippen LogP contribution is -2.44. The van der Waals surface area contributed by atoms with Crippen LogP contribution in [0.15, 0.2) is 60.8 Å². The molecular weight excluding hydrogens is 456 g/mol. The Hall–Kier alpha value is -3.69. The fourth-order valence-electron chi connectivity index (χ4n) is 3.71. The maximum Gasteiger partial charge on any atom is 0.293 e. The molecule has 3 aromatic rings. The zero-order valence-electron chi connectivity index (χ0n) is 18.7. The Labute approximate surface area is 202 Å². The number of rotatable bonds is 7. The minimum absolute atomic E-state index is 0.167. The maximum atomic E-state index is 12.7. The van der Waals surface area contributed by atoms with E-state index >= 15 is 0 Å². The number of nitro groups is 1. The van der Waals surface area contributed by atoms with Gasteiger partial charge < -0.3 is 20.4 Å². The van der Waals surface area contributed by atoms with Crippen molar-refractivity contribution in [3.8, 4) is 0 Å². The van der Waals surface area contributed by atoms with Crippen LogP contribution in [0.2, 0.25) is 5.02 Å². The van der Waals surface area contributed by atoms with Gasteiger partial charge in [-0.3, -0.25) is 14.9 Å². The summed E-state index contributed by atoms with van der Waals surface area (Å²) in [5.41, 5.74) is 2.08. The van der Waals surface area contributed by atoms with Gasteiger partial charge in [-0.1, -0.05) is 29.8 Å². The Bertz CT molecular complexity index is 1180. The molecule has 10 heteroatoms. The second kappa shape index (κ2) is 10.5. The second-order valence-corrected chi connectivity index (χ2v) is 8.49. The summed E-state index contributed by atoms with van der Waals surface area (Å²) in [5, 5.41) is 17.9. The Balaban J connectivity index is 1.43. The zero-order valence-corrected chi connectivity index (χ0v) is 19.5. The predicted molar refractivity (Wildman–Crippen MR) is 134 cm³/mol. The summed E-state index contributed by atoms with van der Waals surface area (Å²) in [4.78, 5) is 32.7. The van der Waals surface area contributed by atoms with Crippen LogP contribution in [0, 0.1) is 10.1 Å². The van der Waals surface area contributed by atoms with E-state index in [0.29, 0.717) is 23.1 Å². The molecule has 1 aliphatic rings. The number of hydrogen-bond donors (Lipinski definition) is 2. The normalized spacial score (nSPS) is 14.0. The Morgan fingerprint density at radius 1 is 1.12 bits per heavy atom. The first-order valence-electron chi connectivity index (χ1n) is 10.9. The average molecular weight is 481 g/mol. The van der Waals surface area contributed by atoms with Gasteiger partial charge in [-0.15, -0.1) is 0 Å². The molecule has 2 heterocycles. The fourth-order valence-corrected chi connectivity index (χ4v) is 3.91. The zero-order chi connectivity index (χ0) is 24.1. The highest BCUT2D eigenvalue weighted by atomic mass is 35.5. The van der Waals surface area contributed by atoms with E-state index in [1.807, 2.05) is 24.3 Å². The number of pyridine rings is 1. The van der Waals surface area contributed by atoms with Gasteiger partial charge in [-0.05, 0) is 42.9 Å². The number of aromatic nitrogens is 1. The summed E-state index contributed by atoms with van der Waals surface area (Å²) >= 11 is 6.16. The molecular formula is C24H25ClN6O3. The van der Waals surface area contributed by atoms with E-state index in [2.05, 4.69) is 32.5 Å². The molecule has 9 nitrogen and oxygen atoms in total. The van der Waals surface area contributed by atoms with Crippen molar-refractivity contribution in [2.75, 3.05) is 48.8 Å². The van der Waals surface area contributed by atoms with Gasteiger partial charge in [-0.2, -0.15) is 0 Å². The number of amides is 1. The van der Waals surface area contributed by atoms with Crippen LogP contribution in [0.4, 0.5) is 22.9 Å². The molecule has 1 aromatic heterocycles. The van der Waals surface area contributed by atoms with Gasteiger partial charge in [0.15, 0.2) is 0 Å². The summed E-state index contributed by atoms with van der Waals surface area (Å²) < 4.78 is 0. The minimum atomic E-state index is -0.519. The minimum Gasteiger partial charge on any atom is -0.375 e. The van der Waals surface area contributed by atoms with E-state index in [4.69, 9.17) is 11.6 Å². The Kier molecular flexibility index (Phi) is 7.24. The van der Waals surface area contributed by atoms with Crippen LogP contribution in [0.3, 0.4) is 0 Å². The van der Waals surface area contributed by atoms with Crippen LogP contribution in [0.5, 0.6) is 0 Å². The molecule has 1 amide bonds. The van der Waals surface area contributed by atoms with E-state index < -0.39 is 10.8 Å². The van der Waals surface area contributed by atoms with E-state index in [9.17, 15) is 14.9 Å². The summed E-state index contributed by atoms with van der Waals surface area (Å²) in [6.07, 6.45) is 1.73. The summed E-state index contributed by atoms with van der Waals surface area (Å²) in [6, 6.07) is 15.2. The first-order chi connectivity index (χ1) is 16.4. The molecule has 0 unspecified atom stereocenters. The van der Waals surface area contributed by atoms with Crippen molar-refractivity contribution < 1.29 is 9.72 Å². The largest absolute Gasteiger partial charge is 0.375 e. The van der Waals surface area contributed by atoms with Crippen molar-refractivity contribution in [2.45, 2.75) is 6.54 Å². The number of benzene rings is 2. The highest BCUT2D eigenvalue weighted by molar-refractivity contribution is 6.31. The van der Waals surface area contributed by atoms with Crippen molar-refractivity contribution in [1.29, 1.82) is 0 Å². The molecule has 4 rings (SSSR count). The fraction of sp³-hybridized carbons (Fsp3) is 0.250. The van der Waals surface area contributed by atoms with E-state index in [1.54, 1.807) is 18.3 Å². The third-order valence-corrected chi connectivity index (χ3v) is 6.11. The molecule has 0 saturated carbocycles. The van der Waals surface area contributed by atoms with E-state index in [-0.39, 0.29) is 11.3 Å². The smallest absolute Gasteiger partial charge is 0.293 e. The van der Waals surface area contributed by atoms with Crippen molar-refractivity contribution in [1.82, 2.24) is 9.88 Å². The number of halogens is 1. The van der Waals surface area contributed by atoms with Crippen LogP contribution in [-0.4, -0.2) is 53.9 Å². The van der Waals surface area contributed by atoms with Gasteiger partial charge in [0, 0.05) is 49.4 Å². The van der Waals surface area contributed by atoms with Gasteiger partial charge in [0.2, 0.25) is 0 Å². The highest BCUT2D eigenvalue weighted by Gasteiger charge is 2.19. The van der Waals surface area contributed by atoms with Crippen molar-refractivity contribution >= 4 is 40.4 Å². The Morgan fingerprint density at radius 2 is 1.88 bits per heavy atom. The number of piperazine rings is 1. The lowest BCUT2D eigenvalue weighted by Gasteiger charge is -2.33. The molecule has 176 valence electrons. The molecule has 0 aliphatic carbocycles. The molecule has 0 atom stereocenters. The highest BCUT2D eigenvalue weighted by Crippen LogP contribution is 2.27. The monoisotopic (exact) mass is 480 g/mol. The lowest BCUT2D eigenvalue weighted by molar-refractivity contribution is -0.384. The molecule has 1 fully saturated rings. The Morgan fingerprint density at radius 3 is 2.56 bits per heavy atom. The van der Waals surface area contributed by atoms with Crippen LogP contribution < -0.4 is 15.5 Å². The van der Waals surface area contributed by atoms with Crippen LogP contribution in [0.1, 0.15) is 15.9 Å².